The van der Waals surface area contributed by atoms with Crippen molar-refractivity contribution in [3.05, 3.63) is 89.2 Å². The molecule has 3 N–H and O–H groups in total. The highest BCUT2D eigenvalue weighted by molar-refractivity contribution is 5.79. The highest BCUT2D eigenvalue weighted by atomic mass is 19.1. The number of nitrogens with one attached hydrogen (secondary N) is 1. The summed E-state index contributed by atoms with van der Waals surface area (Å²) >= 11 is 0. The Morgan fingerprint density at radius 1 is 0.971 bits per heavy atom. The van der Waals surface area contributed by atoms with Gasteiger partial charge >= 0.3 is 6.09 Å². The van der Waals surface area contributed by atoms with E-state index in [0.717, 1.165) is 41.2 Å². The van der Waals surface area contributed by atoms with E-state index >= 15 is 0 Å². The molecule has 1 saturated carbocycles. The van der Waals surface area contributed by atoms with Gasteiger partial charge in [0.2, 0.25) is 0 Å². The summed E-state index contributed by atoms with van der Waals surface area (Å²) in [7, 11) is 0. The first-order chi connectivity index (χ1) is 17.0. The molecule has 7 heteroatoms. The number of aliphatic hydroxyl groups is 2. The fourth-order valence-electron chi connectivity index (χ4n) is 4.53. The van der Waals surface area contributed by atoms with Crippen LogP contribution in [0.4, 0.5) is 9.18 Å². The number of rotatable bonds is 9. The molecule has 35 heavy (non-hydrogen) atoms. The molecule has 2 unspecified atom stereocenters. The number of carbonyl (C=O) groups excluding carboxylic acids is 1. The molecular formula is C28H28FNO5. The van der Waals surface area contributed by atoms with Gasteiger partial charge in [-0.05, 0) is 59.2 Å². The van der Waals surface area contributed by atoms with Crippen LogP contribution >= 0.6 is 0 Å². The Morgan fingerprint density at radius 2 is 1.63 bits per heavy atom. The van der Waals surface area contributed by atoms with E-state index in [4.69, 9.17) is 9.47 Å². The zero-order valence-corrected chi connectivity index (χ0v) is 19.2. The van der Waals surface area contributed by atoms with Crippen LogP contribution < -0.4 is 10.1 Å². The van der Waals surface area contributed by atoms with Gasteiger partial charge in [0.05, 0.1) is 6.61 Å². The highest BCUT2D eigenvalue weighted by Gasteiger charge is 2.30. The molecule has 0 radical (unpaired) electrons. The summed E-state index contributed by atoms with van der Waals surface area (Å²) in [4.78, 5) is 12.4. The monoisotopic (exact) mass is 477 g/mol. The van der Waals surface area contributed by atoms with Gasteiger partial charge in [-0.2, -0.15) is 0 Å². The number of ether oxygens (including phenoxy) is 2. The van der Waals surface area contributed by atoms with Crippen LogP contribution in [0, 0.1) is 11.7 Å². The van der Waals surface area contributed by atoms with Crippen molar-refractivity contribution < 1.29 is 28.9 Å². The zero-order chi connectivity index (χ0) is 24.4. The summed E-state index contributed by atoms with van der Waals surface area (Å²) in [6.07, 6.45) is -1.34. The minimum Gasteiger partial charge on any atom is -0.493 e. The van der Waals surface area contributed by atoms with E-state index in [-0.39, 0.29) is 24.6 Å². The number of alkyl carbamates (subject to hydrolysis) is 1. The molecule has 0 spiro atoms. The van der Waals surface area contributed by atoms with Gasteiger partial charge < -0.3 is 25.0 Å². The maximum absolute atomic E-state index is 13.8. The minimum atomic E-state index is -1.44. The van der Waals surface area contributed by atoms with Crippen LogP contribution in [-0.2, 0) is 4.74 Å². The summed E-state index contributed by atoms with van der Waals surface area (Å²) < 4.78 is 25.0. The van der Waals surface area contributed by atoms with Crippen molar-refractivity contribution in [2.24, 2.45) is 5.92 Å². The van der Waals surface area contributed by atoms with E-state index in [1.807, 2.05) is 36.4 Å². The van der Waals surface area contributed by atoms with Gasteiger partial charge in [0.15, 0.2) is 0 Å². The van der Waals surface area contributed by atoms with Crippen molar-refractivity contribution in [3.8, 4) is 16.9 Å². The molecule has 5 rings (SSSR count). The van der Waals surface area contributed by atoms with Crippen molar-refractivity contribution in [3.63, 3.8) is 0 Å². The lowest BCUT2D eigenvalue weighted by Crippen LogP contribution is -2.36. The van der Waals surface area contributed by atoms with Crippen LogP contribution in [-0.4, -0.2) is 42.2 Å². The van der Waals surface area contributed by atoms with Gasteiger partial charge in [0, 0.05) is 18.0 Å². The van der Waals surface area contributed by atoms with Crippen molar-refractivity contribution in [2.75, 3.05) is 19.8 Å². The van der Waals surface area contributed by atoms with Crippen LogP contribution in [0.25, 0.3) is 11.1 Å². The summed E-state index contributed by atoms with van der Waals surface area (Å²) in [6.45, 7) is 0.359. The van der Waals surface area contributed by atoms with E-state index in [1.54, 1.807) is 0 Å². The molecule has 0 aromatic heterocycles. The molecule has 0 aliphatic heterocycles. The molecule has 1 fully saturated rings. The zero-order valence-electron chi connectivity index (χ0n) is 19.2. The topological polar surface area (TPSA) is 88.0 Å². The molecule has 3 aromatic carbocycles. The average molecular weight is 478 g/mol. The lowest BCUT2D eigenvalue weighted by Gasteiger charge is -2.21. The predicted molar refractivity (Wildman–Crippen MR) is 129 cm³/mol. The van der Waals surface area contributed by atoms with Crippen molar-refractivity contribution >= 4 is 6.09 Å². The molecule has 2 aliphatic carbocycles. The first kappa shape index (κ1) is 23.3. The largest absolute Gasteiger partial charge is 0.493 e. The Morgan fingerprint density at radius 3 is 2.29 bits per heavy atom. The minimum absolute atomic E-state index is 0.0814. The number of halogens is 1. The second kappa shape index (κ2) is 10.1. The Balaban J connectivity index is 1.17. The van der Waals surface area contributed by atoms with Crippen LogP contribution in [0.3, 0.4) is 0 Å². The van der Waals surface area contributed by atoms with Gasteiger partial charge in [-0.25, -0.2) is 9.18 Å². The maximum atomic E-state index is 13.8. The van der Waals surface area contributed by atoms with E-state index in [0.29, 0.717) is 18.3 Å². The molecule has 2 aliphatic rings. The Labute approximate surface area is 203 Å². The number of hydrogen-bond acceptors (Lipinski definition) is 5. The molecule has 1 amide bonds. The molecule has 182 valence electrons. The molecule has 0 bridgehead atoms. The number of fused-ring (bicyclic) bond motifs is 3. The van der Waals surface area contributed by atoms with Gasteiger partial charge in [-0.3, -0.25) is 0 Å². The Kier molecular flexibility index (Phi) is 6.70. The summed E-state index contributed by atoms with van der Waals surface area (Å²) in [6, 6.07) is 19.9. The Hall–Kier alpha value is -3.42. The third-order valence-electron chi connectivity index (χ3n) is 6.63. The first-order valence-electron chi connectivity index (χ1n) is 11.9. The smallest absolute Gasteiger partial charge is 0.407 e. The van der Waals surface area contributed by atoms with Gasteiger partial charge in [-0.15, -0.1) is 0 Å². The fourth-order valence-corrected chi connectivity index (χ4v) is 4.53. The summed E-state index contributed by atoms with van der Waals surface area (Å²) in [5.41, 5.74) is 4.60. The van der Waals surface area contributed by atoms with Crippen molar-refractivity contribution in [1.29, 1.82) is 0 Å². The first-order valence-corrected chi connectivity index (χ1v) is 11.9. The average Bonchev–Trinajstić information content (AvgIpc) is 3.66. The molecule has 6 nitrogen and oxygen atoms in total. The van der Waals surface area contributed by atoms with Gasteiger partial charge in [-0.1, -0.05) is 48.5 Å². The van der Waals surface area contributed by atoms with Crippen LogP contribution in [0.15, 0.2) is 66.7 Å². The van der Waals surface area contributed by atoms with E-state index in [1.165, 1.54) is 12.1 Å². The van der Waals surface area contributed by atoms with E-state index < -0.39 is 24.1 Å². The van der Waals surface area contributed by atoms with Crippen molar-refractivity contribution in [1.82, 2.24) is 5.32 Å². The molecule has 0 heterocycles. The number of amides is 1. The van der Waals surface area contributed by atoms with E-state index in [2.05, 4.69) is 17.4 Å². The maximum Gasteiger partial charge on any atom is 0.407 e. The van der Waals surface area contributed by atoms with Gasteiger partial charge in [0.1, 0.15) is 30.4 Å². The third kappa shape index (κ3) is 5.16. The highest BCUT2D eigenvalue weighted by Crippen LogP contribution is 2.44. The molecule has 0 saturated heterocycles. The standard InChI is InChI=1S/C28H28FNO5/c29-18-11-12-26(34-15-17-9-10-17)23(13-18)27(32)25(31)14-30-28(33)35-16-24-21-7-3-1-5-19(21)20-6-2-4-8-22(20)24/h1-8,11-13,17,24-25,27,31-32H,9-10,14-16H2,(H,30,33). The summed E-state index contributed by atoms with van der Waals surface area (Å²) in [5, 5.41) is 23.6. The van der Waals surface area contributed by atoms with Crippen LogP contribution in [0.2, 0.25) is 0 Å². The third-order valence-corrected chi connectivity index (χ3v) is 6.63. The van der Waals surface area contributed by atoms with Crippen molar-refractivity contribution in [2.45, 2.75) is 31.0 Å². The number of benzene rings is 3. The molecule has 3 aromatic rings. The molecule has 2 atom stereocenters. The normalized spacial score (nSPS) is 16.2. The number of carbonyl (C=O) groups is 1. The SMILES string of the molecule is O=C(NCC(O)C(O)c1cc(F)ccc1OCC1CC1)OCC1c2ccccc2-c2ccccc21. The second-order valence-corrected chi connectivity index (χ2v) is 9.16. The number of hydrogen-bond donors (Lipinski definition) is 3. The lowest BCUT2D eigenvalue weighted by atomic mass is 9.98. The lowest BCUT2D eigenvalue weighted by molar-refractivity contribution is 0.0167. The predicted octanol–water partition coefficient (Wildman–Crippen LogP) is 4.55. The fraction of sp³-hybridized carbons (Fsp3) is 0.321. The second-order valence-electron chi connectivity index (χ2n) is 9.16. The number of aliphatic hydroxyl groups excluding tert-OH is 2. The van der Waals surface area contributed by atoms with E-state index in [9.17, 15) is 19.4 Å². The van der Waals surface area contributed by atoms with Gasteiger partial charge in [0.25, 0.3) is 0 Å². The summed E-state index contributed by atoms with van der Waals surface area (Å²) in [5.74, 6) is 0.174. The van der Waals surface area contributed by atoms with Crippen LogP contribution in [0.1, 0.15) is 41.6 Å². The quantitative estimate of drug-likeness (QED) is 0.421. The molecular weight excluding hydrogens is 449 g/mol. The van der Waals surface area contributed by atoms with Crippen LogP contribution in [0.5, 0.6) is 5.75 Å². The Bertz CT molecular complexity index is 1170.